The van der Waals surface area contributed by atoms with Gasteiger partial charge >= 0.3 is 0 Å². The van der Waals surface area contributed by atoms with Crippen molar-refractivity contribution in [3.63, 3.8) is 0 Å². The number of ether oxygens (including phenoxy) is 1. The van der Waals surface area contributed by atoms with Gasteiger partial charge in [0.05, 0.1) is 39.0 Å². The minimum Gasteiger partial charge on any atom is -0.397 e. The molecule has 8 heteroatoms. The average Bonchev–Trinajstić information content (AvgIpc) is 3.01. The number of anilines is 2. The molecule has 0 fully saturated rings. The summed E-state index contributed by atoms with van der Waals surface area (Å²) in [7, 11) is 0. The fourth-order valence-corrected chi connectivity index (χ4v) is 3.85. The highest BCUT2D eigenvalue weighted by atomic mass is 16.5. The number of hydrogen-bond acceptors (Lipinski definition) is 7. The molecule has 0 bridgehead atoms. The summed E-state index contributed by atoms with van der Waals surface area (Å²) in [6, 6.07) is 6.43. The second-order valence-corrected chi connectivity index (χ2v) is 7.48. The first kappa shape index (κ1) is 19.8. The molecule has 0 radical (unpaired) electrons. The molecule has 0 atom stereocenters. The first-order chi connectivity index (χ1) is 14.3. The number of benzene rings is 3. The van der Waals surface area contributed by atoms with Gasteiger partial charge in [0.2, 0.25) is 0 Å². The Kier molecular flexibility index (Phi) is 4.87. The zero-order valence-corrected chi connectivity index (χ0v) is 16.6. The largest absolute Gasteiger partial charge is 0.397 e. The quantitative estimate of drug-likeness (QED) is 0.191. The van der Waals surface area contributed by atoms with Crippen LogP contribution in [0.5, 0.6) is 0 Å². The van der Waals surface area contributed by atoms with Gasteiger partial charge in [-0.2, -0.15) is 0 Å². The SMILES string of the molecule is CC(C)OCCCNc1c2c(=O)[nH]c(=O)c2c(N)c2c(=O)c3ccccc3c(=O)c12. The summed E-state index contributed by atoms with van der Waals surface area (Å²) in [5.74, 6) is 0. The Morgan fingerprint density at radius 1 is 0.933 bits per heavy atom. The maximum Gasteiger partial charge on any atom is 0.261 e. The summed E-state index contributed by atoms with van der Waals surface area (Å²) in [6.45, 7) is 4.70. The topological polar surface area (TPSA) is 131 Å². The maximum absolute atomic E-state index is 13.3. The number of rotatable bonds is 6. The molecule has 4 aromatic rings. The average molecular weight is 407 g/mol. The van der Waals surface area contributed by atoms with Crippen molar-refractivity contribution in [1.29, 1.82) is 0 Å². The Hall–Kier alpha value is -3.52. The lowest BCUT2D eigenvalue weighted by Crippen LogP contribution is -2.19. The van der Waals surface area contributed by atoms with E-state index in [0.29, 0.717) is 19.6 Å². The Morgan fingerprint density at radius 3 is 2.17 bits per heavy atom. The number of nitrogens with two attached hydrogens (primary N) is 1. The highest BCUT2D eigenvalue weighted by Gasteiger charge is 2.24. The van der Waals surface area contributed by atoms with Gasteiger partial charge in [0.25, 0.3) is 11.1 Å². The maximum atomic E-state index is 13.3. The second kappa shape index (κ2) is 7.38. The van der Waals surface area contributed by atoms with E-state index >= 15 is 0 Å². The van der Waals surface area contributed by atoms with Crippen LogP contribution in [-0.4, -0.2) is 24.2 Å². The summed E-state index contributed by atoms with van der Waals surface area (Å²) in [5.41, 5.74) is 3.99. The van der Waals surface area contributed by atoms with Gasteiger partial charge in [-0.15, -0.1) is 0 Å². The lowest BCUT2D eigenvalue weighted by molar-refractivity contribution is 0.0787. The van der Waals surface area contributed by atoms with Gasteiger partial charge in [-0.05, 0) is 20.3 Å². The van der Waals surface area contributed by atoms with E-state index in [-0.39, 0.29) is 49.8 Å². The van der Waals surface area contributed by atoms with Gasteiger partial charge in [0, 0.05) is 23.9 Å². The zero-order valence-electron chi connectivity index (χ0n) is 16.6. The van der Waals surface area contributed by atoms with Crippen LogP contribution in [0.1, 0.15) is 20.3 Å². The molecule has 1 aromatic heterocycles. The monoisotopic (exact) mass is 407 g/mol. The molecule has 0 aliphatic rings. The van der Waals surface area contributed by atoms with Crippen LogP contribution in [0.15, 0.2) is 43.4 Å². The highest BCUT2D eigenvalue weighted by molar-refractivity contribution is 6.21. The van der Waals surface area contributed by atoms with Crippen LogP contribution >= 0.6 is 0 Å². The molecule has 1 heterocycles. The van der Waals surface area contributed by atoms with Crippen LogP contribution in [0, 0.1) is 0 Å². The van der Waals surface area contributed by atoms with Gasteiger partial charge in [0.1, 0.15) is 0 Å². The van der Waals surface area contributed by atoms with E-state index in [1.54, 1.807) is 24.3 Å². The van der Waals surface area contributed by atoms with Crippen LogP contribution in [0.25, 0.3) is 32.3 Å². The highest BCUT2D eigenvalue weighted by Crippen LogP contribution is 2.33. The lowest BCUT2D eigenvalue weighted by Gasteiger charge is -2.14. The van der Waals surface area contributed by atoms with Crippen molar-refractivity contribution in [1.82, 2.24) is 4.98 Å². The first-order valence-corrected chi connectivity index (χ1v) is 9.72. The van der Waals surface area contributed by atoms with Crippen molar-refractivity contribution in [2.75, 3.05) is 24.2 Å². The number of aromatic amines is 1. The Bertz CT molecular complexity index is 1490. The smallest absolute Gasteiger partial charge is 0.261 e. The predicted octanol–water partition coefficient (Wildman–Crippen LogP) is 1.60. The van der Waals surface area contributed by atoms with Crippen molar-refractivity contribution in [3.05, 3.63) is 65.4 Å². The Balaban J connectivity index is 2.05. The van der Waals surface area contributed by atoms with E-state index in [2.05, 4.69) is 10.3 Å². The third-order valence-electron chi connectivity index (χ3n) is 5.16. The first-order valence-electron chi connectivity index (χ1n) is 9.72. The van der Waals surface area contributed by atoms with Gasteiger partial charge in [-0.1, -0.05) is 24.3 Å². The molecular weight excluding hydrogens is 386 g/mol. The summed E-state index contributed by atoms with van der Waals surface area (Å²) in [6.07, 6.45) is 0.679. The molecular formula is C22H21N3O5. The van der Waals surface area contributed by atoms with Crippen molar-refractivity contribution in [2.24, 2.45) is 0 Å². The van der Waals surface area contributed by atoms with Crippen molar-refractivity contribution >= 4 is 43.7 Å². The minimum atomic E-state index is -0.680. The molecule has 154 valence electrons. The summed E-state index contributed by atoms with van der Waals surface area (Å²) in [5, 5.41) is 3.48. The van der Waals surface area contributed by atoms with Gasteiger partial charge in [-0.3, -0.25) is 24.2 Å². The fourth-order valence-electron chi connectivity index (χ4n) is 3.85. The molecule has 0 aliphatic heterocycles. The van der Waals surface area contributed by atoms with E-state index in [1.165, 1.54) is 0 Å². The van der Waals surface area contributed by atoms with Crippen LogP contribution in [0.3, 0.4) is 0 Å². The molecule has 0 aliphatic carbocycles. The standard InChI is InChI=1S/C22H21N3O5/c1-10(2)30-9-5-8-24-18-15-13(17(23)14-16(18)22(29)25-21(14)28)19(26)11-6-3-4-7-12(11)20(15)27/h3-4,6-7,10,24H,5,8-9,23H2,1-2H3,(H,25,28,29). The van der Waals surface area contributed by atoms with E-state index in [0.717, 1.165) is 0 Å². The number of nitrogens with one attached hydrogen (secondary N) is 2. The number of fused-ring (bicyclic) bond motifs is 3. The Morgan fingerprint density at radius 2 is 1.53 bits per heavy atom. The zero-order chi connectivity index (χ0) is 21.6. The van der Waals surface area contributed by atoms with Crippen LogP contribution < -0.4 is 33.0 Å². The third kappa shape index (κ3) is 2.96. The number of hydrogen-bond donors (Lipinski definition) is 3. The predicted molar refractivity (Wildman–Crippen MR) is 119 cm³/mol. The normalized spacial score (nSPS) is 11.8. The second-order valence-electron chi connectivity index (χ2n) is 7.48. The molecule has 8 nitrogen and oxygen atoms in total. The Labute approximate surface area is 170 Å². The molecule has 0 saturated carbocycles. The molecule has 0 unspecified atom stereocenters. The van der Waals surface area contributed by atoms with E-state index < -0.39 is 22.0 Å². The van der Waals surface area contributed by atoms with Crippen LogP contribution in [0.2, 0.25) is 0 Å². The minimum absolute atomic E-state index is 0.00144. The van der Waals surface area contributed by atoms with Gasteiger partial charge in [0.15, 0.2) is 10.9 Å². The summed E-state index contributed by atoms with van der Waals surface area (Å²) < 4.78 is 5.51. The van der Waals surface area contributed by atoms with Crippen molar-refractivity contribution < 1.29 is 4.74 Å². The molecule has 30 heavy (non-hydrogen) atoms. The molecule has 4 N–H and O–H groups in total. The van der Waals surface area contributed by atoms with Crippen LogP contribution in [0.4, 0.5) is 11.4 Å². The fraction of sp³-hybridized carbons (Fsp3) is 0.273. The molecule has 0 amide bonds. The van der Waals surface area contributed by atoms with Crippen molar-refractivity contribution in [2.45, 2.75) is 26.4 Å². The molecule has 3 aromatic carbocycles. The number of H-pyrrole nitrogens is 1. The van der Waals surface area contributed by atoms with Crippen molar-refractivity contribution in [3.8, 4) is 0 Å². The summed E-state index contributed by atoms with van der Waals surface area (Å²) >= 11 is 0. The van der Waals surface area contributed by atoms with Gasteiger partial charge < -0.3 is 15.8 Å². The van der Waals surface area contributed by atoms with E-state index in [4.69, 9.17) is 10.5 Å². The van der Waals surface area contributed by atoms with E-state index in [1.807, 2.05) is 13.8 Å². The van der Waals surface area contributed by atoms with E-state index in [9.17, 15) is 19.2 Å². The molecule has 0 saturated heterocycles. The molecule has 4 rings (SSSR count). The summed E-state index contributed by atoms with van der Waals surface area (Å²) in [4.78, 5) is 53.5. The third-order valence-corrected chi connectivity index (χ3v) is 5.16. The lowest BCUT2D eigenvalue weighted by atomic mass is 9.96. The van der Waals surface area contributed by atoms with Crippen LogP contribution in [-0.2, 0) is 4.74 Å². The number of aromatic nitrogens is 1. The molecule has 0 spiro atoms. The van der Waals surface area contributed by atoms with Gasteiger partial charge in [-0.25, -0.2) is 0 Å². The number of nitrogen functional groups attached to an aromatic ring is 1.